The molecule has 1 aliphatic heterocycles. The standard InChI is InChI=1S/C17H19N/c1-2-13-8-9-15-11-17(18-12-16(15)10-13)14-6-4-3-5-7-14/h3-10,17-18H,2,11-12H2,1H3. The van der Waals surface area contributed by atoms with Crippen LogP contribution in [-0.4, -0.2) is 0 Å². The number of hydrogen-bond acceptors (Lipinski definition) is 1. The van der Waals surface area contributed by atoms with E-state index in [9.17, 15) is 0 Å². The fourth-order valence-corrected chi connectivity index (χ4v) is 2.71. The SMILES string of the molecule is CCc1ccc2c(c1)CNC(c1ccccc1)C2. The molecule has 0 radical (unpaired) electrons. The van der Waals surface area contributed by atoms with Gasteiger partial charge in [0.15, 0.2) is 0 Å². The fourth-order valence-electron chi connectivity index (χ4n) is 2.71. The highest BCUT2D eigenvalue weighted by atomic mass is 14.9. The average Bonchev–Trinajstić information content (AvgIpc) is 2.47. The second kappa shape index (κ2) is 4.95. The van der Waals surface area contributed by atoms with Crippen LogP contribution in [-0.2, 0) is 19.4 Å². The molecule has 2 aromatic carbocycles. The Kier molecular flexibility index (Phi) is 3.16. The van der Waals surface area contributed by atoms with Crippen molar-refractivity contribution >= 4 is 0 Å². The third kappa shape index (κ3) is 2.19. The maximum Gasteiger partial charge on any atom is 0.0363 e. The van der Waals surface area contributed by atoms with Gasteiger partial charge in [-0.25, -0.2) is 0 Å². The summed E-state index contributed by atoms with van der Waals surface area (Å²) in [6, 6.07) is 18.1. The molecule has 1 heteroatoms. The summed E-state index contributed by atoms with van der Waals surface area (Å²) in [5, 5.41) is 3.64. The van der Waals surface area contributed by atoms with Crippen LogP contribution in [0.4, 0.5) is 0 Å². The van der Waals surface area contributed by atoms with Crippen molar-refractivity contribution in [1.82, 2.24) is 5.32 Å². The van der Waals surface area contributed by atoms with Crippen molar-refractivity contribution in [2.24, 2.45) is 0 Å². The van der Waals surface area contributed by atoms with Crippen molar-refractivity contribution < 1.29 is 0 Å². The zero-order chi connectivity index (χ0) is 12.4. The van der Waals surface area contributed by atoms with Crippen LogP contribution in [0.2, 0.25) is 0 Å². The van der Waals surface area contributed by atoms with E-state index in [1.807, 2.05) is 0 Å². The summed E-state index contributed by atoms with van der Waals surface area (Å²) in [6.45, 7) is 3.20. The summed E-state index contributed by atoms with van der Waals surface area (Å²) < 4.78 is 0. The number of benzene rings is 2. The van der Waals surface area contributed by atoms with Crippen molar-refractivity contribution in [2.45, 2.75) is 32.4 Å². The lowest BCUT2D eigenvalue weighted by Crippen LogP contribution is -2.28. The van der Waals surface area contributed by atoms with Gasteiger partial charge in [-0.3, -0.25) is 0 Å². The minimum absolute atomic E-state index is 0.464. The highest BCUT2D eigenvalue weighted by Gasteiger charge is 2.18. The van der Waals surface area contributed by atoms with E-state index >= 15 is 0 Å². The summed E-state index contributed by atoms with van der Waals surface area (Å²) in [6.07, 6.45) is 2.22. The van der Waals surface area contributed by atoms with Crippen molar-refractivity contribution in [3.8, 4) is 0 Å². The maximum atomic E-state index is 3.64. The molecule has 0 spiro atoms. The predicted molar refractivity (Wildman–Crippen MR) is 75.5 cm³/mol. The van der Waals surface area contributed by atoms with Gasteiger partial charge in [-0.1, -0.05) is 55.5 Å². The zero-order valence-electron chi connectivity index (χ0n) is 10.8. The van der Waals surface area contributed by atoms with Crippen LogP contribution in [0.5, 0.6) is 0 Å². The number of rotatable bonds is 2. The smallest absolute Gasteiger partial charge is 0.0363 e. The van der Waals surface area contributed by atoms with Gasteiger partial charge in [0.25, 0.3) is 0 Å². The number of fused-ring (bicyclic) bond motifs is 1. The lowest BCUT2D eigenvalue weighted by atomic mass is 9.90. The lowest BCUT2D eigenvalue weighted by molar-refractivity contribution is 0.498. The molecule has 0 amide bonds. The van der Waals surface area contributed by atoms with Crippen LogP contribution < -0.4 is 5.32 Å². The van der Waals surface area contributed by atoms with Gasteiger partial charge in [0.2, 0.25) is 0 Å². The normalized spacial score (nSPS) is 18.4. The topological polar surface area (TPSA) is 12.0 Å². The Labute approximate surface area is 109 Å². The third-order valence-corrected chi connectivity index (χ3v) is 3.84. The molecule has 0 saturated carbocycles. The van der Waals surface area contributed by atoms with Gasteiger partial charge in [-0.05, 0) is 35.1 Å². The van der Waals surface area contributed by atoms with Crippen LogP contribution in [0.25, 0.3) is 0 Å². The van der Waals surface area contributed by atoms with E-state index in [-0.39, 0.29) is 0 Å². The Hall–Kier alpha value is -1.60. The molecule has 92 valence electrons. The van der Waals surface area contributed by atoms with Gasteiger partial charge < -0.3 is 5.32 Å². The average molecular weight is 237 g/mol. The first-order chi connectivity index (χ1) is 8.86. The summed E-state index contributed by atoms with van der Waals surface area (Å²) in [4.78, 5) is 0. The monoisotopic (exact) mass is 237 g/mol. The largest absolute Gasteiger partial charge is 0.306 e. The van der Waals surface area contributed by atoms with Crippen molar-refractivity contribution in [1.29, 1.82) is 0 Å². The second-order valence-electron chi connectivity index (χ2n) is 5.00. The van der Waals surface area contributed by atoms with Crippen molar-refractivity contribution in [3.05, 3.63) is 70.8 Å². The van der Waals surface area contributed by atoms with Gasteiger partial charge in [0.1, 0.15) is 0 Å². The molecule has 1 atom stereocenters. The number of hydrogen-bond donors (Lipinski definition) is 1. The Morgan fingerprint density at radius 2 is 1.89 bits per heavy atom. The molecule has 0 saturated heterocycles. The Morgan fingerprint density at radius 3 is 2.67 bits per heavy atom. The lowest BCUT2D eigenvalue weighted by Gasteiger charge is -2.27. The molecule has 0 aliphatic carbocycles. The van der Waals surface area contributed by atoms with Crippen LogP contribution >= 0.6 is 0 Å². The molecule has 0 bridgehead atoms. The molecule has 18 heavy (non-hydrogen) atoms. The van der Waals surface area contributed by atoms with Gasteiger partial charge in [0.05, 0.1) is 0 Å². The molecule has 3 rings (SSSR count). The van der Waals surface area contributed by atoms with Crippen molar-refractivity contribution in [3.63, 3.8) is 0 Å². The first-order valence-corrected chi connectivity index (χ1v) is 6.76. The maximum absolute atomic E-state index is 3.64. The van der Waals surface area contributed by atoms with E-state index in [0.717, 1.165) is 19.4 Å². The van der Waals surface area contributed by atoms with E-state index in [0.29, 0.717) is 6.04 Å². The molecule has 1 heterocycles. The molecule has 0 fully saturated rings. The first-order valence-electron chi connectivity index (χ1n) is 6.76. The van der Waals surface area contributed by atoms with E-state index in [4.69, 9.17) is 0 Å². The first kappa shape index (κ1) is 11.5. The Bertz CT molecular complexity index is 531. The van der Waals surface area contributed by atoms with E-state index in [1.54, 1.807) is 0 Å². The molecule has 1 unspecified atom stereocenters. The minimum atomic E-state index is 0.464. The molecule has 1 N–H and O–H groups in total. The van der Waals surface area contributed by atoms with E-state index in [1.165, 1.54) is 22.3 Å². The van der Waals surface area contributed by atoms with Gasteiger partial charge in [-0.15, -0.1) is 0 Å². The summed E-state index contributed by atoms with van der Waals surface area (Å²) >= 11 is 0. The molecule has 2 aromatic rings. The van der Waals surface area contributed by atoms with Crippen LogP contribution in [0.15, 0.2) is 48.5 Å². The summed E-state index contributed by atoms with van der Waals surface area (Å²) in [5.74, 6) is 0. The van der Waals surface area contributed by atoms with Gasteiger partial charge in [0, 0.05) is 12.6 Å². The van der Waals surface area contributed by atoms with Crippen LogP contribution in [0, 0.1) is 0 Å². The van der Waals surface area contributed by atoms with Crippen LogP contribution in [0.1, 0.15) is 35.2 Å². The van der Waals surface area contributed by atoms with E-state index in [2.05, 4.69) is 60.8 Å². The fraction of sp³-hybridized carbons (Fsp3) is 0.294. The summed E-state index contributed by atoms with van der Waals surface area (Å²) in [7, 11) is 0. The summed E-state index contributed by atoms with van der Waals surface area (Å²) in [5.41, 5.74) is 5.80. The minimum Gasteiger partial charge on any atom is -0.306 e. The second-order valence-corrected chi connectivity index (χ2v) is 5.00. The number of aryl methyl sites for hydroxylation is 1. The highest BCUT2D eigenvalue weighted by molar-refractivity contribution is 5.36. The van der Waals surface area contributed by atoms with Gasteiger partial charge >= 0.3 is 0 Å². The number of nitrogens with one attached hydrogen (secondary N) is 1. The quantitative estimate of drug-likeness (QED) is 0.841. The Balaban J connectivity index is 1.85. The Morgan fingerprint density at radius 1 is 1.06 bits per heavy atom. The van der Waals surface area contributed by atoms with E-state index < -0.39 is 0 Å². The molecule has 0 aromatic heterocycles. The van der Waals surface area contributed by atoms with Crippen molar-refractivity contribution in [2.75, 3.05) is 0 Å². The molecule has 1 aliphatic rings. The highest BCUT2D eigenvalue weighted by Crippen LogP contribution is 2.26. The van der Waals surface area contributed by atoms with Crippen LogP contribution in [0.3, 0.4) is 0 Å². The van der Waals surface area contributed by atoms with Gasteiger partial charge in [-0.2, -0.15) is 0 Å². The third-order valence-electron chi connectivity index (χ3n) is 3.84. The molecular weight excluding hydrogens is 218 g/mol. The zero-order valence-corrected chi connectivity index (χ0v) is 10.8. The molecule has 1 nitrogen and oxygen atoms in total. The predicted octanol–water partition coefficient (Wildman–Crippen LogP) is 3.64. The molecular formula is C17H19N.